The van der Waals surface area contributed by atoms with Gasteiger partial charge in [0.1, 0.15) is 0 Å². The number of carbonyl (C=O) groups excluding carboxylic acids is 1. The second kappa shape index (κ2) is 3.77. The first-order valence-electron chi connectivity index (χ1n) is 5.35. The Kier molecular flexibility index (Phi) is 2.37. The van der Waals surface area contributed by atoms with Gasteiger partial charge in [-0.25, -0.2) is 0 Å². The van der Waals surface area contributed by atoms with Crippen LogP contribution in [0.4, 0.5) is 5.69 Å². The molecule has 1 aromatic rings. The fourth-order valence-corrected chi connectivity index (χ4v) is 2.58. The number of fused-ring (bicyclic) bond motifs is 3. The Balaban J connectivity index is 2.14. The van der Waals surface area contributed by atoms with Crippen molar-refractivity contribution in [1.29, 1.82) is 0 Å². The number of amidine groups is 1. The molecule has 1 amide bonds. The van der Waals surface area contributed by atoms with Gasteiger partial charge in [-0.05, 0) is 0 Å². The summed E-state index contributed by atoms with van der Waals surface area (Å²) in [5.41, 5.74) is 3.44. The molecule has 0 saturated carbocycles. The van der Waals surface area contributed by atoms with Crippen LogP contribution in [0, 0.1) is 0 Å². The van der Waals surface area contributed by atoms with E-state index in [2.05, 4.69) is 10.5 Å². The Labute approximate surface area is 107 Å². The number of rotatable bonds is 0. The maximum atomic E-state index is 11.6. The molecule has 0 aromatic heterocycles. The first-order chi connectivity index (χ1) is 8.16. The Morgan fingerprint density at radius 2 is 2.41 bits per heavy atom. The molecule has 0 bridgehead atoms. The third-order valence-corrected chi connectivity index (χ3v) is 3.69. The van der Waals surface area contributed by atoms with Crippen molar-refractivity contribution in [2.45, 2.75) is 13.0 Å². The zero-order chi connectivity index (χ0) is 12.0. The first kappa shape index (κ1) is 10.7. The molecular weight excluding hydrogens is 281 g/mol. The van der Waals surface area contributed by atoms with Gasteiger partial charge >= 0.3 is 107 Å². The molecule has 1 unspecified atom stereocenters. The third kappa shape index (κ3) is 1.62. The van der Waals surface area contributed by atoms with Gasteiger partial charge < -0.3 is 0 Å². The molecule has 1 N–H and O–H groups in total. The van der Waals surface area contributed by atoms with Gasteiger partial charge in [0.05, 0.1) is 0 Å². The maximum absolute atomic E-state index is 11.6. The average molecular weight is 293 g/mol. The number of nitrogens with zero attached hydrogens (tertiary/aromatic N) is 2. The molecule has 0 radical (unpaired) electrons. The summed E-state index contributed by atoms with van der Waals surface area (Å²) in [6.45, 7) is 2.26. The molecule has 6 heteroatoms. The number of anilines is 1. The number of amides is 1. The molecule has 0 saturated heterocycles. The molecule has 2 aliphatic heterocycles. The number of ether oxygens (including phenoxy) is 1. The van der Waals surface area contributed by atoms with E-state index >= 15 is 0 Å². The topological polar surface area (TPSA) is 53.9 Å². The summed E-state index contributed by atoms with van der Waals surface area (Å²) < 4.78 is 6.81. The summed E-state index contributed by atoms with van der Waals surface area (Å²) in [5.74, 6) is 1.48. The van der Waals surface area contributed by atoms with Crippen LogP contribution in [0.2, 0.25) is 0 Å². The Bertz CT molecular complexity index is 529. The van der Waals surface area contributed by atoms with Crippen molar-refractivity contribution in [3.05, 3.63) is 18.2 Å². The normalized spacial score (nSPS) is 22.0. The van der Waals surface area contributed by atoms with Crippen LogP contribution in [0.15, 0.2) is 23.3 Å². The van der Waals surface area contributed by atoms with Crippen LogP contribution in [-0.2, 0) is 4.79 Å². The Morgan fingerprint density at radius 1 is 1.59 bits per heavy atom. The summed E-state index contributed by atoms with van der Waals surface area (Å²) >= 11 is 1.55. The van der Waals surface area contributed by atoms with Crippen molar-refractivity contribution in [2.75, 3.05) is 11.5 Å². The zero-order valence-corrected chi connectivity index (χ0v) is 11.7. The molecule has 2 aliphatic rings. The predicted octanol–water partition coefficient (Wildman–Crippen LogP) is -1.02. The van der Waals surface area contributed by atoms with Gasteiger partial charge in [0.25, 0.3) is 0 Å². The number of nitrogens with one attached hydrogen (secondary N) is 1. The minimum absolute atomic E-state index is 0.0892. The van der Waals surface area contributed by atoms with E-state index in [1.54, 1.807) is 16.9 Å². The summed E-state index contributed by atoms with van der Waals surface area (Å²) in [7, 11) is 0. The van der Waals surface area contributed by atoms with Crippen molar-refractivity contribution in [2.24, 2.45) is 5.10 Å². The predicted molar refractivity (Wildman–Crippen MR) is 67.6 cm³/mol. The van der Waals surface area contributed by atoms with Crippen molar-refractivity contribution < 1.29 is 9.53 Å². The zero-order valence-electron chi connectivity index (χ0n) is 9.30. The molecule has 2 atom stereocenters. The number of hydrogen-bond donors (Lipinski definition) is 1. The summed E-state index contributed by atoms with van der Waals surface area (Å²) in [4.78, 5) is 13.6. The van der Waals surface area contributed by atoms with Gasteiger partial charge in [0, 0.05) is 0 Å². The molecule has 0 fully saturated rings. The van der Waals surface area contributed by atoms with E-state index in [4.69, 9.17) is 4.74 Å². The van der Waals surface area contributed by atoms with Crippen molar-refractivity contribution in [3.8, 4) is 5.75 Å². The fourth-order valence-electron chi connectivity index (χ4n) is 2.04. The molecule has 0 aliphatic carbocycles. The van der Waals surface area contributed by atoms with E-state index in [9.17, 15) is 4.79 Å². The minimum atomic E-state index is -0.251. The van der Waals surface area contributed by atoms with Crippen LogP contribution in [0.1, 0.15) is 6.92 Å². The molecule has 3 rings (SSSR count). The van der Waals surface area contributed by atoms with Gasteiger partial charge in [-0.2, -0.15) is 0 Å². The molecular formula is C11H12AsN3O2. The van der Waals surface area contributed by atoms with E-state index in [1.165, 1.54) is 4.35 Å². The third-order valence-electron chi connectivity index (χ3n) is 2.94. The molecule has 17 heavy (non-hydrogen) atoms. The molecule has 5 nitrogen and oxygen atoms in total. The van der Waals surface area contributed by atoms with Crippen LogP contribution in [0.5, 0.6) is 5.75 Å². The van der Waals surface area contributed by atoms with Crippen LogP contribution >= 0.6 is 0 Å². The van der Waals surface area contributed by atoms with Crippen LogP contribution in [-0.4, -0.2) is 41.2 Å². The van der Waals surface area contributed by atoms with Gasteiger partial charge in [-0.3, -0.25) is 0 Å². The Hall–Kier alpha value is -1.48. The van der Waals surface area contributed by atoms with E-state index < -0.39 is 0 Å². The standard InChI is InChI=1S/C11H12AsN3O2/c1-6-11(16)14-13-10-5-17-9-3-2-7(12)4-8(9)15(6)10/h2-4,6H,5,12H2,1H3,(H,14,16)/t6-/m1/s1. The number of hydrazone groups is 1. The van der Waals surface area contributed by atoms with Crippen molar-refractivity contribution in [1.82, 2.24) is 5.43 Å². The second-order valence-electron chi connectivity index (χ2n) is 4.07. The van der Waals surface area contributed by atoms with Gasteiger partial charge in [-0.15, -0.1) is 0 Å². The molecule has 1 aromatic carbocycles. The van der Waals surface area contributed by atoms with Gasteiger partial charge in [0.2, 0.25) is 0 Å². The molecule has 88 valence electrons. The first-order valence-corrected chi connectivity index (χ1v) is 6.56. The van der Waals surface area contributed by atoms with Crippen LogP contribution in [0.25, 0.3) is 0 Å². The fraction of sp³-hybridized carbons (Fsp3) is 0.273. The summed E-state index contributed by atoms with van der Waals surface area (Å²) in [5, 5.41) is 4.03. The monoisotopic (exact) mass is 293 g/mol. The number of hydrogen-bond acceptors (Lipinski definition) is 4. The van der Waals surface area contributed by atoms with Crippen molar-refractivity contribution in [3.63, 3.8) is 0 Å². The van der Waals surface area contributed by atoms with Crippen molar-refractivity contribution >= 4 is 38.6 Å². The van der Waals surface area contributed by atoms with E-state index in [0.29, 0.717) is 6.61 Å². The van der Waals surface area contributed by atoms with Gasteiger partial charge in [-0.1, -0.05) is 0 Å². The van der Waals surface area contributed by atoms with Crippen LogP contribution < -0.4 is 19.4 Å². The van der Waals surface area contributed by atoms with E-state index in [-0.39, 0.29) is 11.9 Å². The van der Waals surface area contributed by atoms with Crippen LogP contribution in [0.3, 0.4) is 0 Å². The van der Waals surface area contributed by atoms with Gasteiger partial charge in [0.15, 0.2) is 0 Å². The summed E-state index contributed by atoms with van der Waals surface area (Å²) in [6.07, 6.45) is 0. The average Bonchev–Trinajstić information content (AvgIpc) is 2.33. The SMILES string of the molecule is C[C@@H]1C(=O)NN=C2COc3ccc([AsH2])cc3N21. The number of carbonyl (C=O) groups is 1. The molecule has 2 heterocycles. The second-order valence-corrected chi connectivity index (χ2v) is 5.46. The molecule has 0 spiro atoms. The summed E-state index contributed by atoms with van der Waals surface area (Å²) in [6, 6.07) is 5.76. The van der Waals surface area contributed by atoms with E-state index in [1.807, 2.05) is 30.0 Å². The quantitative estimate of drug-likeness (QED) is 0.623. The number of benzene rings is 1. The Morgan fingerprint density at radius 3 is 3.24 bits per heavy atom. The van der Waals surface area contributed by atoms with E-state index in [0.717, 1.165) is 17.3 Å².